The summed E-state index contributed by atoms with van der Waals surface area (Å²) >= 11 is 0. The molecule has 7 heteroatoms. The molecule has 2 aromatic rings. The van der Waals surface area contributed by atoms with Gasteiger partial charge in [-0.1, -0.05) is 25.5 Å². The summed E-state index contributed by atoms with van der Waals surface area (Å²) in [5.41, 5.74) is -0.912. The van der Waals surface area contributed by atoms with Crippen molar-refractivity contribution in [1.82, 2.24) is 13.7 Å². The highest BCUT2D eigenvalue weighted by atomic mass is 19.1. The van der Waals surface area contributed by atoms with Crippen LogP contribution in [0.1, 0.15) is 25.5 Å². The number of rotatable bonds is 9. The number of aromatic nitrogens is 3. The van der Waals surface area contributed by atoms with Crippen LogP contribution in [0.2, 0.25) is 0 Å². The third kappa shape index (κ3) is 3.47. The molecule has 0 aliphatic rings. The number of alkyl halides is 1. The first-order valence-electron chi connectivity index (χ1n) is 8.69. The third-order valence-corrected chi connectivity index (χ3v) is 4.26. The molecule has 0 amide bonds. The fraction of sp³-hybridized carbons (Fsp3) is 0.421. The van der Waals surface area contributed by atoms with Crippen molar-refractivity contribution in [1.29, 1.82) is 0 Å². The molecule has 0 spiro atoms. The molecule has 0 unspecified atom stereocenters. The van der Waals surface area contributed by atoms with E-state index in [0.29, 0.717) is 12.1 Å². The summed E-state index contributed by atoms with van der Waals surface area (Å²) in [6, 6.07) is 1.38. The lowest BCUT2D eigenvalue weighted by Crippen LogP contribution is -2.43. The van der Waals surface area contributed by atoms with E-state index in [1.165, 1.54) is 22.8 Å². The van der Waals surface area contributed by atoms with E-state index in [9.17, 15) is 18.8 Å². The van der Waals surface area contributed by atoms with Gasteiger partial charge in [0.2, 0.25) is 0 Å². The van der Waals surface area contributed by atoms with Crippen molar-refractivity contribution in [2.75, 3.05) is 6.67 Å². The maximum absolute atomic E-state index is 13.2. The lowest BCUT2D eigenvalue weighted by molar-refractivity contribution is 0.439. The van der Waals surface area contributed by atoms with E-state index in [1.807, 2.05) is 6.92 Å². The van der Waals surface area contributed by atoms with Gasteiger partial charge < -0.3 is 4.57 Å². The minimum atomic E-state index is -0.676. The molecule has 0 atom stereocenters. The smallest absolute Gasteiger partial charge is 0.328 e. The van der Waals surface area contributed by atoms with Gasteiger partial charge in [0.1, 0.15) is 17.7 Å². The summed E-state index contributed by atoms with van der Waals surface area (Å²) in [6.07, 6.45) is 5.22. The number of nitrogens with zero attached hydrogens (tertiary/aromatic N) is 3. The maximum atomic E-state index is 13.2. The minimum absolute atomic E-state index is 0.00904. The predicted octanol–water partition coefficient (Wildman–Crippen LogP) is 2.01. The molecule has 0 N–H and O–H groups in total. The van der Waals surface area contributed by atoms with Crippen molar-refractivity contribution in [2.24, 2.45) is 0 Å². The van der Waals surface area contributed by atoms with Crippen molar-refractivity contribution >= 4 is 11.0 Å². The van der Waals surface area contributed by atoms with Crippen molar-refractivity contribution in [3.63, 3.8) is 0 Å². The molecule has 0 saturated carbocycles. The van der Waals surface area contributed by atoms with E-state index >= 15 is 0 Å². The zero-order chi connectivity index (χ0) is 19.3. The molecular weight excluding hydrogens is 337 g/mol. The molecule has 2 rings (SSSR count). The fourth-order valence-corrected chi connectivity index (χ4v) is 3.11. The van der Waals surface area contributed by atoms with Crippen molar-refractivity contribution in [3.8, 4) is 0 Å². The molecule has 0 radical (unpaired) electrons. The molecule has 2 heterocycles. The topological polar surface area (TPSA) is 66.0 Å². The van der Waals surface area contributed by atoms with E-state index in [4.69, 9.17) is 0 Å². The van der Waals surface area contributed by atoms with Gasteiger partial charge in [0.15, 0.2) is 5.43 Å². The zero-order valence-electron chi connectivity index (χ0n) is 15.0. The van der Waals surface area contributed by atoms with Crippen LogP contribution in [-0.2, 0) is 26.1 Å². The number of unbranched alkanes of at least 4 members (excludes halogenated alkanes) is 1. The first kappa shape index (κ1) is 19.6. The average molecular weight is 361 g/mol. The van der Waals surface area contributed by atoms with Gasteiger partial charge in [0.25, 0.3) is 5.56 Å². The van der Waals surface area contributed by atoms with E-state index in [1.54, 1.807) is 4.57 Å². The minimum Gasteiger partial charge on any atom is -0.328 e. The largest absolute Gasteiger partial charge is 0.333 e. The summed E-state index contributed by atoms with van der Waals surface area (Å²) in [4.78, 5) is 38.2. The van der Waals surface area contributed by atoms with Crippen LogP contribution in [-0.4, -0.2) is 20.4 Å². The number of allylic oxidation sites excluding steroid dienone is 2. The SMILES string of the molecule is C=CCn1c(=O)c2c(=O)cc(CCCC)n(CCF)c2n(CC=C)c1=O. The van der Waals surface area contributed by atoms with E-state index < -0.39 is 23.4 Å². The Balaban J connectivity index is 3.06. The lowest BCUT2D eigenvalue weighted by Gasteiger charge is -2.19. The quantitative estimate of drug-likeness (QED) is 0.642. The Morgan fingerprint density at radius 2 is 1.73 bits per heavy atom. The van der Waals surface area contributed by atoms with E-state index in [-0.39, 0.29) is 30.7 Å². The molecular formula is C19H24FN3O3. The third-order valence-electron chi connectivity index (χ3n) is 4.26. The molecule has 2 aromatic heterocycles. The number of aryl methyl sites for hydroxylation is 2. The van der Waals surface area contributed by atoms with Gasteiger partial charge in [-0.2, -0.15) is 0 Å². The number of hydrogen-bond donors (Lipinski definition) is 0. The zero-order valence-corrected chi connectivity index (χ0v) is 15.0. The number of hydrogen-bond acceptors (Lipinski definition) is 3. The first-order chi connectivity index (χ1) is 12.5. The summed E-state index contributed by atoms with van der Waals surface area (Å²) in [5.74, 6) is 0. The van der Waals surface area contributed by atoms with Crippen molar-refractivity contribution in [3.05, 3.63) is 68.1 Å². The highest BCUT2D eigenvalue weighted by Gasteiger charge is 2.19. The Labute approximate surface area is 150 Å². The fourth-order valence-electron chi connectivity index (χ4n) is 3.11. The standard InChI is InChI=1S/C19H24FN3O3/c1-4-7-8-14-13-15(24)16-17(21(14)12-9-20)22(10-5-2)19(26)23(11-6-3)18(16)25/h5-6,13H,2-4,7-12H2,1H3. The van der Waals surface area contributed by atoms with Gasteiger partial charge in [0, 0.05) is 24.8 Å². The molecule has 26 heavy (non-hydrogen) atoms. The summed E-state index contributed by atoms with van der Waals surface area (Å²) in [6.45, 7) is 8.60. The Hall–Kier alpha value is -2.70. The van der Waals surface area contributed by atoms with Crippen LogP contribution in [0.3, 0.4) is 0 Å². The average Bonchev–Trinajstić information content (AvgIpc) is 2.62. The Kier molecular flexibility index (Phi) is 6.49. The number of pyridine rings is 1. The maximum Gasteiger partial charge on any atom is 0.333 e. The Bertz CT molecular complexity index is 998. The predicted molar refractivity (Wildman–Crippen MR) is 102 cm³/mol. The molecule has 0 aromatic carbocycles. The summed E-state index contributed by atoms with van der Waals surface area (Å²) < 4.78 is 17.1. The number of halogens is 1. The van der Waals surface area contributed by atoms with Crippen LogP contribution in [0.25, 0.3) is 11.0 Å². The van der Waals surface area contributed by atoms with Crippen LogP contribution >= 0.6 is 0 Å². The molecule has 0 bridgehead atoms. The lowest BCUT2D eigenvalue weighted by atomic mass is 10.1. The van der Waals surface area contributed by atoms with E-state index in [2.05, 4.69) is 13.2 Å². The highest BCUT2D eigenvalue weighted by Crippen LogP contribution is 2.13. The van der Waals surface area contributed by atoms with Crippen LogP contribution < -0.4 is 16.7 Å². The number of fused-ring (bicyclic) bond motifs is 1. The van der Waals surface area contributed by atoms with Crippen LogP contribution in [0.5, 0.6) is 0 Å². The second-order valence-electron chi connectivity index (χ2n) is 6.03. The summed E-state index contributed by atoms with van der Waals surface area (Å²) in [7, 11) is 0. The van der Waals surface area contributed by atoms with Gasteiger partial charge in [-0.15, -0.1) is 13.2 Å². The van der Waals surface area contributed by atoms with Crippen molar-refractivity contribution < 1.29 is 4.39 Å². The van der Waals surface area contributed by atoms with E-state index in [0.717, 1.165) is 17.4 Å². The molecule has 0 saturated heterocycles. The van der Waals surface area contributed by atoms with Gasteiger partial charge in [-0.05, 0) is 12.8 Å². The Morgan fingerprint density at radius 3 is 2.31 bits per heavy atom. The molecule has 0 fully saturated rings. The highest BCUT2D eigenvalue weighted by molar-refractivity contribution is 5.75. The normalized spacial score (nSPS) is 11.0. The molecule has 0 aliphatic heterocycles. The van der Waals surface area contributed by atoms with Gasteiger partial charge in [0.05, 0.1) is 6.54 Å². The summed E-state index contributed by atoms with van der Waals surface area (Å²) in [5, 5.41) is -0.109. The van der Waals surface area contributed by atoms with Crippen molar-refractivity contribution in [2.45, 2.75) is 45.8 Å². The molecule has 0 aliphatic carbocycles. The van der Waals surface area contributed by atoms with Crippen LogP contribution in [0.4, 0.5) is 4.39 Å². The van der Waals surface area contributed by atoms with Crippen LogP contribution in [0.15, 0.2) is 45.8 Å². The second kappa shape index (κ2) is 8.60. The second-order valence-corrected chi connectivity index (χ2v) is 6.03. The first-order valence-corrected chi connectivity index (χ1v) is 8.69. The van der Waals surface area contributed by atoms with Crippen LogP contribution in [0, 0.1) is 0 Å². The van der Waals surface area contributed by atoms with Gasteiger partial charge in [-0.25, -0.2) is 9.18 Å². The monoisotopic (exact) mass is 361 g/mol. The molecule has 6 nitrogen and oxygen atoms in total. The molecule has 140 valence electrons. The van der Waals surface area contributed by atoms with Gasteiger partial charge in [-0.3, -0.25) is 18.7 Å². The Morgan fingerprint density at radius 1 is 1.08 bits per heavy atom. The van der Waals surface area contributed by atoms with Gasteiger partial charge >= 0.3 is 5.69 Å².